The van der Waals surface area contributed by atoms with E-state index in [0.29, 0.717) is 5.92 Å². The fraction of sp³-hybridized carbons (Fsp3) is 0.600. The lowest BCUT2D eigenvalue weighted by Gasteiger charge is -2.31. The van der Waals surface area contributed by atoms with Crippen molar-refractivity contribution in [2.45, 2.75) is 19.9 Å². The van der Waals surface area contributed by atoms with Gasteiger partial charge in [-0.1, -0.05) is 36.8 Å². The van der Waals surface area contributed by atoms with E-state index in [1.807, 2.05) is 0 Å². The first kappa shape index (κ1) is 13.5. The molecule has 1 aromatic carbocycles. The second-order valence-corrected chi connectivity index (χ2v) is 5.47. The molecule has 2 rings (SSSR count). The summed E-state index contributed by atoms with van der Waals surface area (Å²) in [6, 6.07) is 8.71. The van der Waals surface area contributed by atoms with Gasteiger partial charge in [-0.15, -0.1) is 0 Å². The van der Waals surface area contributed by atoms with Gasteiger partial charge >= 0.3 is 0 Å². The largest absolute Gasteiger partial charge is 0.324 e. The second kappa shape index (κ2) is 6.32. The summed E-state index contributed by atoms with van der Waals surface area (Å²) >= 11 is 0. The van der Waals surface area contributed by atoms with Crippen LogP contribution in [0, 0.1) is 12.8 Å². The molecule has 3 N–H and O–H groups in total. The predicted octanol–water partition coefficient (Wildman–Crippen LogP) is 1.54. The Bertz CT molecular complexity index is 372. The van der Waals surface area contributed by atoms with Crippen molar-refractivity contribution in [2.75, 3.05) is 32.7 Å². The van der Waals surface area contributed by atoms with E-state index in [4.69, 9.17) is 5.73 Å². The Balaban J connectivity index is 1.93. The number of rotatable bonds is 4. The molecule has 3 nitrogen and oxygen atoms in total. The van der Waals surface area contributed by atoms with E-state index >= 15 is 0 Å². The van der Waals surface area contributed by atoms with Crippen LogP contribution in [0.3, 0.4) is 0 Å². The second-order valence-electron chi connectivity index (χ2n) is 5.47. The molecule has 1 heterocycles. The van der Waals surface area contributed by atoms with Gasteiger partial charge in [0.2, 0.25) is 0 Å². The van der Waals surface area contributed by atoms with Crippen molar-refractivity contribution in [3.8, 4) is 0 Å². The van der Waals surface area contributed by atoms with Crippen LogP contribution >= 0.6 is 0 Å². The molecule has 1 saturated heterocycles. The average Bonchev–Trinajstić information content (AvgIpc) is 2.39. The first-order valence-corrected chi connectivity index (χ1v) is 6.92. The number of hydrogen-bond donors (Lipinski definition) is 2. The lowest BCUT2D eigenvalue weighted by Crippen LogP contribution is -2.46. The Kier molecular flexibility index (Phi) is 4.75. The molecule has 0 aliphatic carbocycles. The highest BCUT2D eigenvalue weighted by Crippen LogP contribution is 2.21. The van der Waals surface area contributed by atoms with Crippen LogP contribution in [-0.4, -0.2) is 37.6 Å². The van der Waals surface area contributed by atoms with E-state index in [1.165, 1.54) is 11.1 Å². The molecule has 0 spiro atoms. The lowest BCUT2D eigenvalue weighted by molar-refractivity contribution is 0.199. The topological polar surface area (TPSA) is 41.3 Å². The Morgan fingerprint density at radius 1 is 1.33 bits per heavy atom. The summed E-state index contributed by atoms with van der Waals surface area (Å²) in [5.74, 6) is 0.491. The predicted molar refractivity (Wildman–Crippen MR) is 76.6 cm³/mol. The number of nitrogens with zero attached hydrogens (tertiary/aromatic N) is 1. The molecule has 2 atom stereocenters. The zero-order valence-corrected chi connectivity index (χ0v) is 11.5. The summed E-state index contributed by atoms with van der Waals surface area (Å²) in [6.07, 6.45) is 0. The standard InChI is InChI=1S/C15H25N3/c1-12-4-3-5-14(10-12)15(16)13(2)11-18-8-6-17-7-9-18/h3-5,10,13,15,17H,6-9,11,16H2,1-2H3. The molecule has 1 fully saturated rings. The van der Waals surface area contributed by atoms with Gasteiger partial charge in [0.25, 0.3) is 0 Å². The smallest absolute Gasteiger partial charge is 0.0333 e. The van der Waals surface area contributed by atoms with Crippen molar-refractivity contribution >= 4 is 0 Å². The fourth-order valence-corrected chi connectivity index (χ4v) is 2.62. The minimum absolute atomic E-state index is 0.139. The highest BCUT2D eigenvalue weighted by Gasteiger charge is 2.19. The number of piperazine rings is 1. The minimum Gasteiger partial charge on any atom is -0.324 e. The summed E-state index contributed by atoms with van der Waals surface area (Å²) in [6.45, 7) is 9.97. The van der Waals surface area contributed by atoms with Gasteiger partial charge in [-0.3, -0.25) is 0 Å². The van der Waals surface area contributed by atoms with Crippen molar-refractivity contribution in [2.24, 2.45) is 11.7 Å². The molecule has 1 aliphatic heterocycles. The van der Waals surface area contributed by atoms with Crippen LogP contribution in [0.2, 0.25) is 0 Å². The lowest BCUT2D eigenvalue weighted by atomic mass is 9.94. The summed E-state index contributed by atoms with van der Waals surface area (Å²) < 4.78 is 0. The third kappa shape index (κ3) is 3.55. The summed E-state index contributed by atoms with van der Waals surface area (Å²) in [5.41, 5.74) is 8.93. The van der Waals surface area contributed by atoms with Crippen LogP contribution in [0.4, 0.5) is 0 Å². The van der Waals surface area contributed by atoms with Gasteiger partial charge in [0, 0.05) is 38.8 Å². The Hall–Kier alpha value is -0.900. The SMILES string of the molecule is Cc1cccc(C(N)C(C)CN2CCNCC2)c1. The molecule has 3 heteroatoms. The number of benzene rings is 1. The minimum atomic E-state index is 0.139. The van der Waals surface area contributed by atoms with Crippen molar-refractivity contribution in [1.29, 1.82) is 0 Å². The van der Waals surface area contributed by atoms with E-state index in [2.05, 4.69) is 48.3 Å². The number of nitrogens with two attached hydrogens (primary N) is 1. The molecule has 0 saturated carbocycles. The normalized spacial score (nSPS) is 20.6. The first-order chi connectivity index (χ1) is 8.66. The van der Waals surface area contributed by atoms with E-state index in [-0.39, 0.29) is 6.04 Å². The van der Waals surface area contributed by atoms with E-state index in [0.717, 1.165) is 32.7 Å². The molecule has 0 bridgehead atoms. The van der Waals surface area contributed by atoms with Crippen LogP contribution in [0.25, 0.3) is 0 Å². The van der Waals surface area contributed by atoms with Gasteiger partial charge in [0.05, 0.1) is 0 Å². The molecule has 0 aromatic heterocycles. The Morgan fingerprint density at radius 3 is 2.72 bits per heavy atom. The molecule has 2 unspecified atom stereocenters. The van der Waals surface area contributed by atoms with E-state index < -0.39 is 0 Å². The maximum atomic E-state index is 6.38. The fourth-order valence-electron chi connectivity index (χ4n) is 2.62. The summed E-state index contributed by atoms with van der Waals surface area (Å²) in [4.78, 5) is 2.51. The maximum absolute atomic E-state index is 6.38. The Morgan fingerprint density at radius 2 is 2.06 bits per heavy atom. The molecule has 18 heavy (non-hydrogen) atoms. The molecular formula is C15H25N3. The molecule has 1 aromatic rings. The van der Waals surface area contributed by atoms with Crippen LogP contribution in [-0.2, 0) is 0 Å². The van der Waals surface area contributed by atoms with Crippen LogP contribution in [0.5, 0.6) is 0 Å². The molecule has 0 amide bonds. The number of nitrogens with one attached hydrogen (secondary N) is 1. The number of hydrogen-bond acceptors (Lipinski definition) is 3. The van der Waals surface area contributed by atoms with Crippen LogP contribution in [0.15, 0.2) is 24.3 Å². The summed E-state index contributed by atoms with van der Waals surface area (Å²) in [7, 11) is 0. The first-order valence-electron chi connectivity index (χ1n) is 6.92. The third-order valence-corrected chi connectivity index (χ3v) is 3.80. The van der Waals surface area contributed by atoms with Gasteiger partial charge in [0.15, 0.2) is 0 Å². The quantitative estimate of drug-likeness (QED) is 0.848. The van der Waals surface area contributed by atoms with Crippen molar-refractivity contribution in [1.82, 2.24) is 10.2 Å². The highest BCUT2D eigenvalue weighted by atomic mass is 15.2. The molecular weight excluding hydrogens is 222 g/mol. The van der Waals surface area contributed by atoms with Crippen LogP contribution in [0.1, 0.15) is 24.1 Å². The van der Waals surface area contributed by atoms with Gasteiger partial charge in [-0.25, -0.2) is 0 Å². The van der Waals surface area contributed by atoms with Gasteiger partial charge in [0.1, 0.15) is 0 Å². The van der Waals surface area contributed by atoms with Gasteiger partial charge in [-0.2, -0.15) is 0 Å². The number of aryl methyl sites for hydroxylation is 1. The van der Waals surface area contributed by atoms with Gasteiger partial charge in [-0.05, 0) is 18.4 Å². The van der Waals surface area contributed by atoms with Gasteiger partial charge < -0.3 is 16.0 Å². The maximum Gasteiger partial charge on any atom is 0.0333 e. The van der Waals surface area contributed by atoms with Crippen molar-refractivity contribution in [3.63, 3.8) is 0 Å². The van der Waals surface area contributed by atoms with E-state index in [9.17, 15) is 0 Å². The van der Waals surface area contributed by atoms with Crippen molar-refractivity contribution in [3.05, 3.63) is 35.4 Å². The molecule has 0 radical (unpaired) electrons. The molecule has 100 valence electrons. The average molecular weight is 247 g/mol. The highest BCUT2D eigenvalue weighted by molar-refractivity contribution is 5.25. The third-order valence-electron chi connectivity index (χ3n) is 3.80. The summed E-state index contributed by atoms with van der Waals surface area (Å²) in [5, 5.41) is 3.38. The monoisotopic (exact) mass is 247 g/mol. The zero-order chi connectivity index (χ0) is 13.0. The Labute approximate surface area is 110 Å². The van der Waals surface area contributed by atoms with Crippen molar-refractivity contribution < 1.29 is 0 Å². The zero-order valence-electron chi connectivity index (χ0n) is 11.5. The van der Waals surface area contributed by atoms with Crippen LogP contribution < -0.4 is 11.1 Å². The molecule has 1 aliphatic rings. The van der Waals surface area contributed by atoms with E-state index in [1.54, 1.807) is 0 Å².